The molecule has 0 aromatic heterocycles. The molecule has 0 heterocycles. The Hall–Kier alpha value is -3.80. The number of carbonyl (C=O) groups is 2. The molecule has 0 aliphatic heterocycles. The van der Waals surface area contributed by atoms with E-state index in [0.717, 1.165) is 64.3 Å². The fourth-order valence-corrected chi connectivity index (χ4v) is 4.73. The van der Waals surface area contributed by atoms with Gasteiger partial charge in [-0.25, -0.2) is 0 Å². The highest BCUT2D eigenvalue weighted by Crippen LogP contribution is 2.40. The Bertz CT molecular complexity index is 1270. The van der Waals surface area contributed by atoms with Gasteiger partial charge in [0.25, 0.3) is 5.91 Å². The van der Waals surface area contributed by atoms with Crippen LogP contribution in [0.5, 0.6) is 17.2 Å². The first kappa shape index (κ1) is 26.3. The molecule has 4 rings (SSSR count). The fourth-order valence-electron chi connectivity index (χ4n) is 4.73. The molecule has 3 aromatic carbocycles. The Kier molecular flexibility index (Phi) is 8.49. The molecular formula is C31H35NO5. The van der Waals surface area contributed by atoms with E-state index in [2.05, 4.69) is 31.3 Å². The molecular weight excluding hydrogens is 466 g/mol. The number of rotatable bonds is 10. The minimum absolute atomic E-state index is 0.143. The SMILES string of the molecule is CCOC(=O)CNC(=O)c1cc(C)c(Oc2ccc(OCc3ccccc3)c(C(C)C)c2)c2c1CCC2. The Labute approximate surface area is 218 Å². The number of carbonyl (C=O) groups excluding carboxylic acids is 2. The van der Waals surface area contributed by atoms with Crippen LogP contribution in [0.3, 0.4) is 0 Å². The molecule has 37 heavy (non-hydrogen) atoms. The molecule has 0 radical (unpaired) electrons. The summed E-state index contributed by atoms with van der Waals surface area (Å²) in [6, 6.07) is 17.9. The van der Waals surface area contributed by atoms with Gasteiger partial charge >= 0.3 is 5.97 Å². The van der Waals surface area contributed by atoms with Crippen molar-refractivity contribution >= 4 is 11.9 Å². The molecule has 1 amide bonds. The minimum atomic E-state index is -0.443. The van der Waals surface area contributed by atoms with Crippen LogP contribution >= 0.6 is 0 Å². The largest absolute Gasteiger partial charge is 0.489 e. The molecule has 1 N–H and O–H groups in total. The van der Waals surface area contributed by atoms with E-state index in [-0.39, 0.29) is 25.0 Å². The van der Waals surface area contributed by atoms with Gasteiger partial charge in [0.05, 0.1) is 6.61 Å². The summed E-state index contributed by atoms with van der Waals surface area (Å²) in [5.41, 5.74) is 5.75. The lowest BCUT2D eigenvalue weighted by atomic mass is 9.97. The number of hydrogen-bond donors (Lipinski definition) is 1. The van der Waals surface area contributed by atoms with E-state index in [0.29, 0.717) is 12.2 Å². The third kappa shape index (κ3) is 6.31. The van der Waals surface area contributed by atoms with Crippen molar-refractivity contribution in [1.82, 2.24) is 5.32 Å². The number of nitrogens with one attached hydrogen (secondary N) is 1. The zero-order valence-corrected chi connectivity index (χ0v) is 22.1. The normalized spacial score (nSPS) is 12.2. The van der Waals surface area contributed by atoms with Gasteiger partial charge in [-0.3, -0.25) is 9.59 Å². The summed E-state index contributed by atoms with van der Waals surface area (Å²) in [6.07, 6.45) is 2.61. The second-order valence-corrected chi connectivity index (χ2v) is 9.60. The summed E-state index contributed by atoms with van der Waals surface area (Å²) in [4.78, 5) is 24.6. The molecule has 0 saturated heterocycles. The molecule has 6 nitrogen and oxygen atoms in total. The molecule has 6 heteroatoms. The Morgan fingerprint density at radius 3 is 2.49 bits per heavy atom. The molecule has 0 unspecified atom stereocenters. The third-order valence-corrected chi connectivity index (χ3v) is 6.54. The average Bonchev–Trinajstić information content (AvgIpc) is 3.38. The van der Waals surface area contributed by atoms with Crippen LogP contribution in [-0.2, 0) is 29.0 Å². The first-order chi connectivity index (χ1) is 17.9. The van der Waals surface area contributed by atoms with Gasteiger partial charge in [-0.1, -0.05) is 44.2 Å². The maximum atomic E-state index is 12.9. The van der Waals surface area contributed by atoms with Crippen molar-refractivity contribution in [2.24, 2.45) is 0 Å². The predicted molar refractivity (Wildman–Crippen MR) is 144 cm³/mol. The fraction of sp³-hybridized carbons (Fsp3) is 0.355. The molecule has 1 aliphatic rings. The Morgan fingerprint density at radius 2 is 1.76 bits per heavy atom. The van der Waals surface area contributed by atoms with E-state index in [9.17, 15) is 9.59 Å². The van der Waals surface area contributed by atoms with Crippen molar-refractivity contribution < 1.29 is 23.8 Å². The lowest BCUT2D eigenvalue weighted by Gasteiger charge is -2.19. The predicted octanol–water partition coefficient (Wildman–Crippen LogP) is 6.27. The quantitative estimate of drug-likeness (QED) is 0.331. The van der Waals surface area contributed by atoms with Gasteiger partial charge in [-0.2, -0.15) is 0 Å². The molecule has 3 aromatic rings. The van der Waals surface area contributed by atoms with E-state index < -0.39 is 5.97 Å². The number of benzene rings is 3. The van der Waals surface area contributed by atoms with Crippen molar-refractivity contribution in [2.75, 3.05) is 13.2 Å². The Morgan fingerprint density at radius 1 is 1.00 bits per heavy atom. The van der Waals surface area contributed by atoms with Crippen LogP contribution in [0.4, 0.5) is 0 Å². The lowest BCUT2D eigenvalue weighted by molar-refractivity contribution is -0.141. The Balaban J connectivity index is 1.55. The third-order valence-electron chi connectivity index (χ3n) is 6.54. The minimum Gasteiger partial charge on any atom is -0.489 e. The highest BCUT2D eigenvalue weighted by molar-refractivity contribution is 5.98. The topological polar surface area (TPSA) is 73.9 Å². The molecule has 0 bridgehead atoms. The summed E-state index contributed by atoms with van der Waals surface area (Å²) in [5, 5.41) is 2.69. The van der Waals surface area contributed by atoms with Gasteiger partial charge in [0.2, 0.25) is 0 Å². The zero-order chi connectivity index (χ0) is 26.4. The highest BCUT2D eigenvalue weighted by atomic mass is 16.5. The second-order valence-electron chi connectivity index (χ2n) is 9.60. The van der Waals surface area contributed by atoms with E-state index in [4.69, 9.17) is 14.2 Å². The number of esters is 1. The second kappa shape index (κ2) is 12.0. The van der Waals surface area contributed by atoms with Gasteiger partial charge in [0.1, 0.15) is 30.4 Å². The average molecular weight is 502 g/mol. The van der Waals surface area contributed by atoms with Crippen LogP contribution < -0.4 is 14.8 Å². The van der Waals surface area contributed by atoms with Crippen molar-refractivity contribution in [3.05, 3.63) is 88.0 Å². The van der Waals surface area contributed by atoms with Gasteiger partial charge in [0.15, 0.2) is 0 Å². The molecule has 0 saturated carbocycles. The smallest absolute Gasteiger partial charge is 0.325 e. The van der Waals surface area contributed by atoms with Crippen LogP contribution in [0.1, 0.15) is 71.3 Å². The molecule has 194 valence electrons. The highest BCUT2D eigenvalue weighted by Gasteiger charge is 2.26. The summed E-state index contributed by atoms with van der Waals surface area (Å²) < 4.78 is 17.5. The molecule has 0 fully saturated rings. The maximum Gasteiger partial charge on any atom is 0.325 e. The van der Waals surface area contributed by atoms with Gasteiger partial charge in [-0.05, 0) is 85.5 Å². The van der Waals surface area contributed by atoms with Crippen LogP contribution in [0, 0.1) is 6.92 Å². The number of ether oxygens (including phenoxy) is 3. The van der Waals surface area contributed by atoms with E-state index in [1.54, 1.807) is 6.92 Å². The van der Waals surface area contributed by atoms with Gasteiger partial charge in [-0.15, -0.1) is 0 Å². The number of hydrogen-bond acceptors (Lipinski definition) is 5. The number of fused-ring (bicyclic) bond motifs is 1. The van der Waals surface area contributed by atoms with E-state index >= 15 is 0 Å². The van der Waals surface area contributed by atoms with Crippen LogP contribution in [0.15, 0.2) is 54.6 Å². The summed E-state index contributed by atoms with van der Waals surface area (Å²) in [6.45, 7) is 8.62. The molecule has 1 aliphatic carbocycles. The maximum absolute atomic E-state index is 12.9. The molecule has 0 spiro atoms. The van der Waals surface area contributed by atoms with Crippen LogP contribution in [0.25, 0.3) is 0 Å². The first-order valence-electron chi connectivity index (χ1n) is 12.9. The summed E-state index contributed by atoms with van der Waals surface area (Å²) in [7, 11) is 0. The van der Waals surface area contributed by atoms with Gasteiger partial charge < -0.3 is 19.5 Å². The van der Waals surface area contributed by atoms with Crippen molar-refractivity contribution in [1.29, 1.82) is 0 Å². The van der Waals surface area contributed by atoms with E-state index in [1.807, 2.05) is 49.4 Å². The van der Waals surface area contributed by atoms with Crippen LogP contribution in [0.2, 0.25) is 0 Å². The number of amides is 1. The monoisotopic (exact) mass is 501 g/mol. The first-order valence-corrected chi connectivity index (χ1v) is 12.9. The van der Waals surface area contributed by atoms with Crippen LogP contribution in [-0.4, -0.2) is 25.0 Å². The standard InChI is InChI=1S/C31H35NO5/c1-5-35-29(33)18-32-31(34)27-16-21(4)30(25-13-9-12-24(25)27)37-23-14-15-28(26(17-23)20(2)3)36-19-22-10-7-6-8-11-22/h6-8,10-11,14-17,20H,5,9,12-13,18-19H2,1-4H3,(H,32,34). The van der Waals surface area contributed by atoms with Crippen molar-refractivity contribution in [3.63, 3.8) is 0 Å². The number of aryl methyl sites for hydroxylation is 1. The molecule has 0 atom stereocenters. The van der Waals surface area contributed by atoms with Gasteiger partial charge in [0, 0.05) is 11.1 Å². The van der Waals surface area contributed by atoms with E-state index in [1.165, 1.54) is 0 Å². The van der Waals surface area contributed by atoms with Crippen molar-refractivity contribution in [3.8, 4) is 17.2 Å². The van der Waals surface area contributed by atoms with Crippen molar-refractivity contribution in [2.45, 2.75) is 59.5 Å². The lowest BCUT2D eigenvalue weighted by Crippen LogP contribution is -2.31. The summed E-state index contributed by atoms with van der Waals surface area (Å²) >= 11 is 0. The zero-order valence-electron chi connectivity index (χ0n) is 22.1. The summed E-state index contributed by atoms with van der Waals surface area (Å²) in [5.74, 6) is 1.95.